The Morgan fingerprint density at radius 3 is 2.59 bits per heavy atom. The Labute approximate surface area is 202 Å². The van der Waals surface area contributed by atoms with Crippen molar-refractivity contribution >= 4 is 0 Å². The van der Waals surface area contributed by atoms with Crippen LogP contribution in [0.1, 0.15) is 32.6 Å². The second-order valence-corrected chi connectivity index (χ2v) is 12.2. The van der Waals surface area contributed by atoms with Gasteiger partial charge in [-0.3, -0.25) is 4.90 Å². The highest BCUT2D eigenvalue weighted by molar-refractivity contribution is 5.42. The lowest BCUT2D eigenvalue weighted by Crippen LogP contribution is -2.81. The number of ether oxygens (including phenoxy) is 6. The molecule has 7 aliphatic rings. The molecular formula is C26H41NO7. The average Bonchev–Trinajstić information content (AvgIpc) is 3.42. The van der Waals surface area contributed by atoms with E-state index in [1.807, 2.05) is 21.3 Å². The lowest BCUT2D eigenvalue weighted by Gasteiger charge is -2.70. The van der Waals surface area contributed by atoms with Gasteiger partial charge in [-0.1, -0.05) is 6.92 Å². The van der Waals surface area contributed by atoms with E-state index in [2.05, 4.69) is 11.8 Å². The normalized spacial score (nSPS) is 61.1. The molecule has 0 radical (unpaired) electrons. The first-order chi connectivity index (χ1) is 16.5. The van der Waals surface area contributed by atoms with Crippen molar-refractivity contribution in [3.05, 3.63) is 0 Å². The quantitative estimate of drug-likeness (QED) is 0.611. The fraction of sp³-hybridized carbons (Fsp3) is 1.00. The highest BCUT2D eigenvalue weighted by atomic mass is 16.7. The summed E-state index contributed by atoms with van der Waals surface area (Å²) in [6, 6.07) is 0.0378. The summed E-state index contributed by atoms with van der Waals surface area (Å²) in [7, 11) is 7.32. The molecule has 0 aromatic rings. The zero-order valence-corrected chi connectivity index (χ0v) is 21.2. The van der Waals surface area contributed by atoms with Crippen molar-refractivity contribution in [2.24, 2.45) is 34.5 Å². The van der Waals surface area contributed by atoms with Crippen LogP contribution in [0, 0.1) is 34.5 Å². The molecule has 192 valence electrons. The number of aliphatic hydroxyl groups excluding tert-OH is 1. The maximum Gasteiger partial charge on any atom is 0.148 e. The van der Waals surface area contributed by atoms with Crippen molar-refractivity contribution in [2.75, 3.05) is 54.9 Å². The molecule has 7 bridgehead atoms. The van der Waals surface area contributed by atoms with Crippen molar-refractivity contribution in [2.45, 2.75) is 74.3 Å². The van der Waals surface area contributed by atoms with Crippen LogP contribution in [0.5, 0.6) is 0 Å². The highest BCUT2D eigenvalue weighted by Crippen LogP contribution is 2.82. The number of likely N-dealkylation sites (N-methyl/N-ethyl adjacent to an activating group) is 1. The van der Waals surface area contributed by atoms with Gasteiger partial charge in [0, 0.05) is 70.0 Å². The third-order valence-electron chi connectivity index (χ3n) is 12.0. The predicted molar refractivity (Wildman–Crippen MR) is 121 cm³/mol. The van der Waals surface area contributed by atoms with Gasteiger partial charge in [-0.2, -0.15) is 0 Å². The maximum absolute atomic E-state index is 12.6. The fourth-order valence-corrected chi connectivity index (χ4v) is 11.7. The maximum atomic E-state index is 12.6. The SMILES string of the molecule is CCN1C[C@]2(COC)CC[C@H](OC)[C@@]34C1[C@@]1(OCO[C@@]15C[C@H](OC)[C@H]1C[C@@H]3[C@@H]5[C@H]1OC)[C@@H](O)[C@H]24. The predicted octanol–water partition coefficient (Wildman–Crippen LogP) is 1.29. The summed E-state index contributed by atoms with van der Waals surface area (Å²) in [5, 5.41) is 12.6. The van der Waals surface area contributed by atoms with Crippen LogP contribution in [0.15, 0.2) is 0 Å². The number of fused-ring (bicyclic) bond motifs is 1. The monoisotopic (exact) mass is 479 g/mol. The van der Waals surface area contributed by atoms with Crippen LogP contribution in [-0.2, 0) is 28.4 Å². The first-order valence-electron chi connectivity index (χ1n) is 13.2. The van der Waals surface area contributed by atoms with E-state index in [1.54, 1.807) is 7.11 Å². The molecule has 2 saturated heterocycles. The van der Waals surface area contributed by atoms with E-state index in [-0.39, 0.29) is 53.8 Å². The van der Waals surface area contributed by atoms with Gasteiger partial charge < -0.3 is 33.5 Å². The lowest BCUT2D eigenvalue weighted by molar-refractivity contribution is -0.287. The van der Waals surface area contributed by atoms with E-state index in [4.69, 9.17) is 28.4 Å². The van der Waals surface area contributed by atoms with E-state index in [0.717, 1.165) is 38.8 Å². The van der Waals surface area contributed by atoms with Crippen molar-refractivity contribution in [3.8, 4) is 0 Å². The summed E-state index contributed by atoms with van der Waals surface area (Å²) in [5.74, 6) is 0.813. The summed E-state index contributed by atoms with van der Waals surface area (Å²) in [6.45, 7) is 4.93. The molecule has 7 rings (SSSR count). The summed E-state index contributed by atoms with van der Waals surface area (Å²) in [6.07, 6.45) is 3.20. The largest absolute Gasteiger partial charge is 0.390 e. The summed E-state index contributed by atoms with van der Waals surface area (Å²) >= 11 is 0. The van der Waals surface area contributed by atoms with Crippen molar-refractivity contribution in [1.29, 1.82) is 0 Å². The minimum absolute atomic E-state index is 0.0240. The van der Waals surface area contributed by atoms with Crippen LogP contribution in [0.4, 0.5) is 0 Å². The van der Waals surface area contributed by atoms with Crippen LogP contribution in [0.25, 0.3) is 0 Å². The molecule has 0 amide bonds. The molecular weight excluding hydrogens is 438 g/mol. The van der Waals surface area contributed by atoms with E-state index >= 15 is 0 Å². The molecule has 1 N–H and O–H groups in total. The Bertz CT molecular complexity index is 859. The Morgan fingerprint density at radius 2 is 1.91 bits per heavy atom. The van der Waals surface area contributed by atoms with Gasteiger partial charge in [-0.25, -0.2) is 0 Å². The number of likely N-dealkylation sites (tertiary alicyclic amines) is 1. The van der Waals surface area contributed by atoms with E-state index < -0.39 is 17.3 Å². The van der Waals surface area contributed by atoms with Gasteiger partial charge in [0.25, 0.3) is 0 Å². The zero-order valence-electron chi connectivity index (χ0n) is 21.2. The molecule has 34 heavy (non-hydrogen) atoms. The molecule has 13 atom stereocenters. The molecule has 2 aliphatic heterocycles. The van der Waals surface area contributed by atoms with Crippen LogP contribution < -0.4 is 0 Å². The number of methoxy groups -OCH3 is 4. The van der Waals surface area contributed by atoms with Gasteiger partial charge in [0.05, 0.1) is 37.1 Å². The average molecular weight is 480 g/mol. The van der Waals surface area contributed by atoms with Crippen LogP contribution in [-0.4, -0.2) is 107 Å². The first kappa shape index (κ1) is 22.8. The van der Waals surface area contributed by atoms with Gasteiger partial charge in [0.2, 0.25) is 0 Å². The Morgan fingerprint density at radius 1 is 1.09 bits per heavy atom. The third kappa shape index (κ3) is 2.05. The molecule has 3 spiro atoms. The second kappa shape index (κ2) is 7.16. The van der Waals surface area contributed by atoms with Crippen molar-refractivity contribution in [1.82, 2.24) is 4.90 Å². The van der Waals surface area contributed by atoms with E-state index in [9.17, 15) is 5.11 Å². The molecule has 5 saturated carbocycles. The molecule has 2 heterocycles. The molecule has 5 aliphatic carbocycles. The van der Waals surface area contributed by atoms with Crippen molar-refractivity contribution < 1.29 is 33.5 Å². The van der Waals surface area contributed by atoms with E-state index in [0.29, 0.717) is 18.4 Å². The van der Waals surface area contributed by atoms with Crippen LogP contribution in [0.2, 0.25) is 0 Å². The van der Waals surface area contributed by atoms with E-state index in [1.165, 1.54) is 0 Å². The summed E-state index contributed by atoms with van der Waals surface area (Å²) < 4.78 is 38.3. The van der Waals surface area contributed by atoms with Gasteiger partial charge in [-0.15, -0.1) is 0 Å². The topological polar surface area (TPSA) is 78.9 Å². The molecule has 8 nitrogen and oxygen atoms in total. The smallest absolute Gasteiger partial charge is 0.148 e. The van der Waals surface area contributed by atoms with Gasteiger partial charge in [0.1, 0.15) is 18.0 Å². The highest BCUT2D eigenvalue weighted by Gasteiger charge is 2.93. The number of hydrogen-bond acceptors (Lipinski definition) is 8. The summed E-state index contributed by atoms with van der Waals surface area (Å²) in [5.41, 5.74) is -1.83. The Kier molecular flexibility index (Phi) is 4.81. The molecule has 0 aromatic heterocycles. The number of rotatable bonds is 6. The number of hydrogen-bond donors (Lipinski definition) is 1. The molecule has 1 unspecified atom stereocenters. The Hall–Kier alpha value is -0.320. The molecule has 7 fully saturated rings. The lowest BCUT2D eigenvalue weighted by atomic mass is 9.42. The number of nitrogens with zero attached hydrogens (tertiary/aromatic N) is 1. The zero-order chi connectivity index (χ0) is 23.7. The van der Waals surface area contributed by atoms with Gasteiger partial charge in [-0.05, 0) is 31.7 Å². The minimum Gasteiger partial charge on any atom is -0.390 e. The molecule has 0 aromatic carbocycles. The minimum atomic E-state index is -0.825. The van der Waals surface area contributed by atoms with Gasteiger partial charge in [0.15, 0.2) is 0 Å². The third-order valence-corrected chi connectivity index (χ3v) is 12.0. The van der Waals surface area contributed by atoms with Crippen LogP contribution >= 0.6 is 0 Å². The molecule has 8 heteroatoms. The first-order valence-corrected chi connectivity index (χ1v) is 13.2. The standard InChI is InChI=1S/C26H41NO7/c1-6-27-11-23(12-29-2)8-7-17(31-4)25-15-9-14-16(30-3)10-24(18(15)19(14)32-5)26(22(25)27,34-13-33-24)21(28)20(23)25/h14-22,28H,6-13H2,1-5H3/t14-,15-,16+,17+,18-,19+,20-,21+,22?,23+,24-,25+,26+/m1/s1. The van der Waals surface area contributed by atoms with Crippen molar-refractivity contribution in [3.63, 3.8) is 0 Å². The second-order valence-electron chi connectivity index (χ2n) is 12.2. The summed E-state index contributed by atoms with van der Waals surface area (Å²) in [4.78, 5) is 2.61. The number of piperidine rings is 1. The van der Waals surface area contributed by atoms with Gasteiger partial charge >= 0.3 is 0 Å². The van der Waals surface area contributed by atoms with Crippen LogP contribution in [0.3, 0.4) is 0 Å². The Balaban J connectivity index is 1.55. The fourth-order valence-electron chi connectivity index (χ4n) is 11.7. The number of aliphatic hydroxyl groups is 1.